The number of hydrogen-bond acceptors (Lipinski definition) is 4. The Bertz CT molecular complexity index is 577. The van der Waals surface area contributed by atoms with Crippen molar-refractivity contribution in [3.8, 4) is 0 Å². The lowest BCUT2D eigenvalue weighted by atomic mass is 10.1. The SMILES string of the molecule is CCN1C[C@@H](C(=O)N2CCN(Cc3nccn3C)CC2)CC1=O. The normalized spacial score (nSPS) is 22.9. The molecule has 7 heteroatoms. The van der Waals surface area contributed by atoms with Gasteiger partial charge in [-0.2, -0.15) is 0 Å². The first-order valence-corrected chi connectivity index (χ1v) is 8.33. The summed E-state index contributed by atoms with van der Waals surface area (Å²) in [6, 6.07) is 0. The van der Waals surface area contributed by atoms with E-state index in [1.54, 1.807) is 4.90 Å². The summed E-state index contributed by atoms with van der Waals surface area (Å²) in [5.74, 6) is 1.15. The number of imidazole rings is 1. The van der Waals surface area contributed by atoms with Crippen molar-refractivity contribution in [3.05, 3.63) is 18.2 Å². The zero-order valence-corrected chi connectivity index (χ0v) is 13.9. The van der Waals surface area contributed by atoms with Gasteiger partial charge >= 0.3 is 0 Å². The molecule has 0 saturated carbocycles. The number of hydrogen-bond donors (Lipinski definition) is 0. The van der Waals surface area contributed by atoms with Gasteiger partial charge in [0.2, 0.25) is 11.8 Å². The molecule has 2 aliphatic heterocycles. The van der Waals surface area contributed by atoms with Crippen molar-refractivity contribution < 1.29 is 9.59 Å². The Balaban J connectivity index is 1.50. The lowest BCUT2D eigenvalue weighted by Crippen LogP contribution is -2.50. The van der Waals surface area contributed by atoms with E-state index in [1.165, 1.54) is 0 Å². The lowest BCUT2D eigenvalue weighted by Gasteiger charge is -2.35. The van der Waals surface area contributed by atoms with E-state index in [2.05, 4.69) is 9.88 Å². The van der Waals surface area contributed by atoms with Crippen LogP contribution in [0.25, 0.3) is 0 Å². The summed E-state index contributed by atoms with van der Waals surface area (Å²) in [7, 11) is 2.00. The van der Waals surface area contributed by atoms with Crippen molar-refractivity contribution in [2.75, 3.05) is 39.3 Å². The van der Waals surface area contributed by atoms with E-state index in [4.69, 9.17) is 0 Å². The fourth-order valence-electron chi connectivity index (χ4n) is 3.38. The van der Waals surface area contributed by atoms with Crippen LogP contribution in [0.4, 0.5) is 0 Å². The smallest absolute Gasteiger partial charge is 0.228 e. The van der Waals surface area contributed by atoms with Crippen molar-refractivity contribution in [1.82, 2.24) is 24.3 Å². The van der Waals surface area contributed by atoms with Gasteiger partial charge in [0, 0.05) is 65.1 Å². The summed E-state index contributed by atoms with van der Waals surface area (Å²) in [5, 5.41) is 0. The summed E-state index contributed by atoms with van der Waals surface area (Å²) >= 11 is 0. The maximum absolute atomic E-state index is 12.6. The topological polar surface area (TPSA) is 61.7 Å². The molecule has 2 amide bonds. The molecule has 0 aliphatic carbocycles. The summed E-state index contributed by atoms with van der Waals surface area (Å²) < 4.78 is 2.03. The molecule has 0 spiro atoms. The van der Waals surface area contributed by atoms with Crippen LogP contribution in [-0.4, -0.2) is 75.3 Å². The maximum atomic E-state index is 12.6. The van der Waals surface area contributed by atoms with Crippen molar-refractivity contribution >= 4 is 11.8 Å². The Hall–Kier alpha value is -1.89. The third-order valence-electron chi connectivity index (χ3n) is 4.92. The van der Waals surface area contributed by atoms with Gasteiger partial charge in [-0.1, -0.05) is 0 Å². The molecule has 3 heterocycles. The molecule has 2 aliphatic rings. The molecular formula is C16H25N5O2. The molecule has 2 saturated heterocycles. The monoisotopic (exact) mass is 319 g/mol. The molecule has 1 aromatic heterocycles. The van der Waals surface area contributed by atoms with Crippen LogP contribution in [-0.2, 0) is 23.2 Å². The van der Waals surface area contributed by atoms with Gasteiger partial charge in [0.25, 0.3) is 0 Å². The average Bonchev–Trinajstić information content (AvgIpc) is 3.13. The number of carbonyl (C=O) groups excluding carboxylic acids is 2. The zero-order valence-electron chi connectivity index (χ0n) is 13.9. The highest BCUT2D eigenvalue weighted by molar-refractivity contribution is 5.89. The molecule has 0 radical (unpaired) electrons. The Kier molecular flexibility index (Phi) is 4.66. The van der Waals surface area contributed by atoms with E-state index < -0.39 is 0 Å². The lowest BCUT2D eigenvalue weighted by molar-refractivity contribution is -0.137. The van der Waals surface area contributed by atoms with Crippen LogP contribution in [0.3, 0.4) is 0 Å². The number of amides is 2. The molecule has 0 N–H and O–H groups in total. The van der Waals surface area contributed by atoms with Crippen molar-refractivity contribution in [1.29, 1.82) is 0 Å². The van der Waals surface area contributed by atoms with Crippen LogP contribution in [0.5, 0.6) is 0 Å². The second-order valence-corrected chi connectivity index (χ2v) is 6.39. The van der Waals surface area contributed by atoms with E-state index in [0.29, 0.717) is 19.5 Å². The zero-order chi connectivity index (χ0) is 16.4. The first kappa shape index (κ1) is 16.0. The predicted octanol–water partition coefficient (Wildman–Crippen LogP) is -0.0673. The van der Waals surface area contributed by atoms with Gasteiger partial charge in [0.1, 0.15) is 5.82 Å². The first-order chi connectivity index (χ1) is 11.1. The minimum atomic E-state index is -0.149. The molecule has 1 atom stereocenters. The summed E-state index contributed by atoms with van der Waals surface area (Å²) in [4.78, 5) is 34.8. The Labute approximate surface area is 136 Å². The van der Waals surface area contributed by atoms with Gasteiger partial charge in [-0.3, -0.25) is 14.5 Å². The maximum Gasteiger partial charge on any atom is 0.228 e. The second kappa shape index (κ2) is 6.70. The highest BCUT2D eigenvalue weighted by Gasteiger charge is 2.36. The molecule has 1 aromatic rings. The van der Waals surface area contributed by atoms with Crippen LogP contribution in [0, 0.1) is 5.92 Å². The fraction of sp³-hybridized carbons (Fsp3) is 0.688. The van der Waals surface area contributed by atoms with Crippen molar-refractivity contribution in [3.63, 3.8) is 0 Å². The first-order valence-electron chi connectivity index (χ1n) is 8.33. The van der Waals surface area contributed by atoms with Crippen LogP contribution in [0.15, 0.2) is 12.4 Å². The minimum absolute atomic E-state index is 0.110. The van der Waals surface area contributed by atoms with Crippen LogP contribution < -0.4 is 0 Å². The summed E-state index contributed by atoms with van der Waals surface area (Å²) in [5.41, 5.74) is 0. The average molecular weight is 319 g/mol. The van der Waals surface area contributed by atoms with Crippen LogP contribution in [0.2, 0.25) is 0 Å². The van der Waals surface area contributed by atoms with Crippen LogP contribution >= 0.6 is 0 Å². The Morgan fingerprint density at radius 3 is 2.61 bits per heavy atom. The molecule has 0 bridgehead atoms. The second-order valence-electron chi connectivity index (χ2n) is 6.39. The third-order valence-corrected chi connectivity index (χ3v) is 4.92. The van der Waals surface area contributed by atoms with E-state index >= 15 is 0 Å². The van der Waals surface area contributed by atoms with Gasteiger partial charge < -0.3 is 14.4 Å². The molecular weight excluding hydrogens is 294 g/mol. The summed E-state index contributed by atoms with van der Waals surface area (Å²) in [6.07, 6.45) is 4.14. The highest BCUT2D eigenvalue weighted by atomic mass is 16.2. The quantitative estimate of drug-likeness (QED) is 0.780. The number of carbonyl (C=O) groups is 2. The van der Waals surface area contributed by atoms with Gasteiger partial charge in [-0.15, -0.1) is 0 Å². The minimum Gasteiger partial charge on any atom is -0.342 e. The third kappa shape index (κ3) is 3.39. The fourth-order valence-corrected chi connectivity index (χ4v) is 3.38. The van der Waals surface area contributed by atoms with Gasteiger partial charge in [-0.25, -0.2) is 4.98 Å². The van der Waals surface area contributed by atoms with Gasteiger partial charge in [0.05, 0.1) is 12.5 Å². The number of likely N-dealkylation sites (tertiary alicyclic amines) is 1. The summed E-state index contributed by atoms with van der Waals surface area (Å²) in [6.45, 7) is 7.24. The molecule has 7 nitrogen and oxygen atoms in total. The van der Waals surface area contributed by atoms with Gasteiger partial charge in [0.15, 0.2) is 0 Å². The Morgan fingerprint density at radius 1 is 1.30 bits per heavy atom. The van der Waals surface area contributed by atoms with Crippen LogP contribution in [0.1, 0.15) is 19.2 Å². The molecule has 3 rings (SSSR count). The number of aromatic nitrogens is 2. The molecule has 0 aromatic carbocycles. The van der Waals surface area contributed by atoms with Crippen molar-refractivity contribution in [2.24, 2.45) is 13.0 Å². The molecule has 23 heavy (non-hydrogen) atoms. The number of nitrogens with zero attached hydrogens (tertiary/aromatic N) is 5. The van der Waals surface area contributed by atoms with Crippen molar-refractivity contribution in [2.45, 2.75) is 19.9 Å². The van der Waals surface area contributed by atoms with E-state index in [1.807, 2.05) is 35.8 Å². The number of piperazine rings is 1. The molecule has 2 fully saturated rings. The van der Waals surface area contributed by atoms with E-state index in [-0.39, 0.29) is 17.7 Å². The molecule has 126 valence electrons. The number of aryl methyl sites for hydroxylation is 1. The standard InChI is InChI=1S/C16H25N5O2/c1-3-20-11-13(10-15(20)22)16(23)21-8-6-19(7-9-21)12-14-17-4-5-18(14)2/h4-5,13H,3,6-12H2,1-2H3/t13-/m0/s1. The Morgan fingerprint density at radius 2 is 2.04 bits per heavy atom. The predicted molar refractivity (Wildman–Crippen MR) is 85.4 cm³/mol. The van der Waals surface area contributed by atoms with E-state index in [9.17, 15) is 9.59 Å². The van der Waals surface area contributed by atoms with E-state index in [0.717, 1.165) is 38.5 Å². The highest BCUT2D eigenvalue weighted by Crippen LogP contribution is 2.20. The molecule has 0 unspecified atom stereocenters. The van der Waals surface area contributed by atoms with Gasteiger partial charge in [-0.05, 0) is 6.92 Å². The number of rotatable bonds is 4. The largest absolute Gasteiger partial charge is 0.342 e.